The SMILES string of the molecule is Cc1cc2nc(N3CCN(c4ncccc4Cl)C[C@H]3C)n(C)c2cc1C. The minimum atomic E-state index is 0.319. The molecule has 26 heavy (non-hydrogen) atoms. The summed E-state index contributed by atoms with van der Waals surface area (Å²) in [7, 11) is 2.11. The summed E-state index contributed by atoms with van der Waals surface area (Å²) >= 11 is 6.33. The highest BCUT2D eigenvalue weighted by Gasteiger charge is 2.28. The van der Waals surface area contributed by atoms with E-state index in [9.17, 15) is 0 Å². The zero-order valence-corrected chi connectivity index (χ0v) is 16.5. The molecule has 6 heteroatoms. The highest BCUT2D eigenvalue weighted by atomic mass is 35.5. The van der Waals surface area contributed by atoms with Crippen molar-refractivity contribution in [3.8, 4) is 0 Å². The van der Waals surface area contributed by atoms with Crippen LogP contribution in [-0.4, -0.2) is 40.2 Å². The first kappa shape index (κ1) is 17.2. The number of halogens is 1. The number of pyridine rings is 1. The largest absolute Gasteiger partial charge is 0.352 e. The van der Waals surface area contributed by atoms with Crippen LogP contribution in [0.1, 0.15) is 18.1 Å². The summed E-state index contributed by atoms with van der Waals surface area (Å²) in [4.78, 5) is 14.0. The predicted octanol–water partition coefficient (Wildman–Crippen LogP) is 3.95. The van der Waals surface area contributed by atoms with Crippen molar-refractivity contribution in [2.75, 3.05) is 29.4 Å². The lowest BCUT2D eigenvalue weighted by molar-refractivity contribution is 0.533. The second-order valence-electron chi connectivity index (χ2n) is 7.19. The molecule has 0 unspecified atom stereocenters. The molecule has 0 amide bonds. The van der Waals surface area contributed by atoms with Crippen molar-refractivity contribution in [2.24, 2.45) is 7.05 Å². The second-order valence-corrected chi connectivity index (χ2v) is 7.60. The van der Waals surface area contributed by atoms with E-state index in [0.29, 0.717) is 11.1 Å². The Balaban J connectivity index is 1.63. The Hall–Kier alpha value is -2.27. The minimum Gasteiger partial charge on any atom is -0.352 e. The van der Waals surface area contributed by atoms with Crippen molar-refractivity contribution < 1.29 is 0 Å². The fourth-order valence-electron chi connectivity index (χ4n) is 3.75. The van der Waals surface area contributed by atoms with Gasteiger partial charge in [0.05, 0.1) is 16.1 Å². The van der Waals surface area contributed by atoms with Gasteiger partial charge in [0.1, 0.15) is 5.82 Å². The maximum Gasteiger partial charge on any atom is 0.206 e. The van der Waals surface area contributed by atoms with Gasteiger partial charge in [0.2, 0.25) is 5.95 Å². The lowest BCUT2D eigenvalue weighted by atomic mass is 10.1. The molecule has 3 aromatic rings. The molecule has 0 saturated carbocycles. The first-order valence-electron chi connectivity index (χ1n) is 9.01. The van der Waals surface area contributed by atoms with E-state index in [-0.39, 0.29) is 0 Å². The molecule has 3 heterocycles. The number of imidazole rings is 1. The zero-order chi connectivity index (χ0) is 18.4. The number of fused-ring (bicyclic) bond motifs is 1. The number of benzene rings is 1. The van der Waals surface area contributed by atoms with Gasteiger partial charge in [0, 0.05) is 38.9 Å². The number of hydrogen-bond acceptors (Lipinski definition) is 4. The van der Waals surface area contributed by atoms with Crippen molar-refractivity contribution in [1.29, 1.82) is 0 Å². The Morgan fingerprint density at radius 3 is 2.65 bits per heavy atom. The van der Waals surface area contributed by atoms with Crippen LogP contribution in [0.5, 0.6) is 0 Å². The van der Waals surface area contributed by atoms with E-state index < -0.39 is 0 Å². The molecule has 5 nitrogen and oxygen atoms in total. The van der Waals surface area contributed by atoms with Crippen molar-refractivity contribution >= 4 is 34.4 Å². The third kappa shape index (κ3) is 2.80. The molecule has 0 aliphatic carbocycles. The van der Waals surface area contributed by atoms with Crippen LogP contribution in [0.4, 0.5) is 11.8 Å². The van der Waals surface area contributed by atoms with Crippen molar-refractivity contribution in [2.45, 2.75) is 26.8 Å². The lowest BCUT2D eigenvalue weighted by Gasteiger charge is -2.41. The number of aryl methyl sites for hydroxylation is 3. The van der Waals surface area contributed by atoms with Crippen LogP contribution >= 0.6 is 11.6 Å². The first-order chi connectivity index (χ1) is 12.5. The minimum absolute atomic E-state index is 0.319. The average Bonchev–Trinajstić information content (AvgIpc) is 2.92. The van der Waals surface area contributed by atoms with Gasteiger partial charge in [0.15, 0.2) is 0 Å². The summed E-state index contributed by atoms with van der Waals surface area (Å²) in [6.07, 6.45) is 1.80. The quantitative estimate of drug-likeness (QED) is 0.685. The molecule has 0 radical (unpaired) electrons. The van der Waals surface area contributed by atoms with Crippen LogP contribution in [0.25, 0.3) is 11.0 Å². The van der Waals surface area contributed by atoms with E-state index in [0.717, 1.165) is 36.9 Å². The predicted molar refractivity (Wildman–Crippen MR) is 108 cm³/mol. The van der Waals surface area contributed by atoms with Gasteiger partial charge in [-0.15, -0.1) is 0 Å². The molecule has 1 saturated heterocycles. The summed E-state index contributed by atoms with van der Waals surface area (Å²) in [6.45, 7) is 9.17. The number of anilines is 2. The highest BCUT2D eigenvalue weighted by molar-refractivity contribution is 6.32. The Kier molecular flexibility index (Phi) is 4.27. The molecule has 1 aliphatic heterocycles. The fraction of sp³-hybridized carbons (Fsp3) is 0.400. The number of hydrogen-bond donors (Lipinski definition) is 0. The molecule has 2 aromatic heterocycles. The third-order valence-electron chi connectivity index (χ3n) is 5.40. The average molecular weight is 370 g/mol. The zero-order valence-electron chi connectivity index (χ0n) is 15.7. The Labute approximate surface area is 159 Å². The maximum absolute atomic E-state index is 6.33. The van der Waals surface area contributed by atoms with Gasteiger partial charge in [-0.25, -0.2) is 9.97 Å². The number of nitrogens with zero attached hydrogens (tertiary/aromatic N) is 5. The molecule has 136 valence electrons. The topological polar surface area (TPSA) is 37.2 Å². The highest BCUT2D eigenvalue weighted by Crippen LogP contribution is 2.29. The van der Waals surface area contributed by atoms with Crippen LogP contribution < -0.4 is 9.80 Å². The van der Waals surface area contributed by atoms with Crippen LogP contribution in [0, 0.1) is 13.8 Å². The van der Waals surface area contributed by atoms with E-state index in [1.54, 1.807) is 6.20 Å². The van der Waals surface area contributed by atoms with E-state index in [1.165, 1.54) is 16.6 Å². The van der Waals surface area contributed by atoms with E-state index >= 15 is 0 Å². The van der Waals surface area contributed by atoms with Crippen molar-refractivity contribution in [1.82, 2.24) is 14.5 Å². The summed E-state index contributed by atoms with van der Waals surface area (Å²) in [6, 6.07) is 8.50. The van der Waals surface area contributed by atoms with Gasteiger partial charge >= 0.3 is 0 Å². The van der Waals surface area contributed by atoms with Crippen LogP contribution in [0.15, 0.2) is 30.5 Å². The smallest absolute Gasteiger partial charge is 0.206 e. The third-order valence-corrected chi connectivity index (χ3v) is 5.69. The maximum atomic E-state index is 6.33. The first-order valence-corrected chi connectivity index (χ1v) is 9.39. The van der Waals surface area contributed by atoms with Gasteiger partial charge in [0.25, 0.3) is 0 Å². The normalized spacial score (nSPS) is 18.0. The van der Waals surface area contributed by atoms with E-state index in [4.69, 9.17) is 16.6 Å². The molecule has 1 atom stereocenters. The van der Waals surface area contributed by atoms with Gasteiger partial charge < -0.3 is 14.4 Å². The Morgan fingerprint density at radius 2 is 1.92 bits per heavy atom. The van der Waals surface area contributed by atoms with Crippen LogP contribution in [0.3, 0.4) is 0 Å². The molecule has 1 aromatic carbocycles. The summed E-state index contributed by atoms with van der Waals surface area (Å²) < 4.78 is 2.21. The summed E-state index contributed by atoms with van der Waals surface area (Å²) in [5.41, 5.74) is 4.83. The summed E-state index contributed by atoms with van der Waals surface area (Å²) in [5.74, 6) is 1.90. The molecule has 0 N–H and O–H groups in total. The molecule has 0 bridgehead atoms. The molecule has 0 spiro atoms. The second kappa shape index (κ2) is 6.47. The molecule has 1 fully saturated rings. The standard InChI is InChI=1S/C20H24ClN5/c1-13-10-17-18(11-14(13)2)24(4)20(23-17)26-9-8-25(12-15(26)3)19-16(21)6-5-7-22-19/h5-7,10-11,15H,8-9,12H2,1-4H3/t15-/m1/s1. The molecular formula is C20H24ClN5. The molecule has 4 rings (SSSR count). The monoisotopic (exact) mass is 369 g/mol. The summed E-state index contributed by atoms with van der Waals surface area (Å²) in [5, 5.41) is 0.710. The van der Waals surface area contributed by atoms with Gasteiger partial charge in [-0.2, -0.15) is 0 Å². The van der Waals surface area contributed by atoms with Crippen molar-refractivity contribution in [3.63, 3.8) is 0 Å². The Bertz CT molecular complexity index is 964. The fourth-order valence-corrected chi connectivity index (χ4v) is 3.99. The van der Waals surface area contributed by atoms with Crippen LogP contribution in [0.2, 0.25) is 5.02 Å². The van der Waals surface area contributed by atoms with Crippen LogP contribution in [-0.2, 0) is 7.05 Å². The molecule has 1 aliphatic rings. The van der Waals surface area contributed by atoms with E-state index in [1.807, 2.05) is 12.1 Å². The number of aromatic nitrogens is 3. The van der Waals surface area contributed by atoms with Crippen molar-refractivity contribution in [3.05, 3.63) is 46.6 Å². The van der Waals surface area contributed by atoms with Gasteiger partial charge in [-0.05, 0) is 56.2 Å². The van der Waals surface area contributed by atoms with E-state index in [2.05, 4.69) is 59.3 Å². The Morgan fingerprint density at radius 1 is 1.15 bits per heavy atom. The lowest BCUT2D eigenvalue weighted by Crippen LogP contribution is -2.53. The van der Waals surface area contributed by atoms with Gasteiger partial charge in [-0.1, -0.05) is 11.6 Å². The van der Waals surface area contributed by atoms with Gasteiger partial charge in [-0.3, -0.25) is 0 Å². The number of piperazine rings is 1. The molecular weight excluding hydrogens is 346 g/mol. The number of rotatable bonds is 2.